The highest BCUT2D eigenvalue weighted by atomic mass is 16.5. The number of carbonyl (C=O) groups excluding carboxylic acids is 1. The van der Waals surface area contributed by atoms with Gasteiger partial charge in [-0.2, -0.15) is 5.10 Å². The number of rotatable bonds is 5. The van der Waals surface area contributed by atoms with Gasteiger partial charge in [0.1, 0.15) is 6.61 Å². The van der Waals surface area contributed by atoms with Gasteiger partial charge >= 0.3 is 0 Å². The fraction of sp³-hybridized carbons (Fsp3) is 0.421. The SMILES string of the molecule is C[C@@H]1CCCC[C@H]1OCC(=O)Nc1cccc(-c2ccc(=O)[nH]n2)c1. The molecule has 1 saturated carbocycles. The Morgan fingerprint density at radius 3 is 2.88 bits per heavy atom. The number of H-pyrrole nitrogens is 1. The molecule has 1 amide bonds. The number of anilines is 1. The second-order valence-corrected chi connectivity index (χ2v) is 6.55. The van der Waals surface area contributed by atoms with Crippen LogP contribution >= 0.6 is 0 Å². The Labute approximate surface area is 146 Å². The van der Waals surface area contributed by atoms with Crippen molar-refractivity contribution in [3.05, 3.63) is 46.8 Å². The summed E-state index contributed by atoms with van der Waals surface area (Å²) in [4.78, 5) is 23.3. The summed E-state index contributed by atoms with van der Waals surface area (Å²) in [6, 6.07) is 10.4. The third kappa shape index (κ3) is 4.76. The lowest BCUT2D eigenvalue weighted by molar-refractivity contribution is -0.124. The minimum absolute atomic E-state index is 0.0656. The lowest BCUT2D eigenvalue weighted by Crippen LogP contribution is -2.29. The first-order valence-electron chi connectivity index (χ1n) is 8.69. The number of amides is 1. The first-order valence-corrected chi connectivity index (χ1v) is 8.69. The van der Waals surface area contributed by atoms with Crippen LogP contribution in [-0.4, -0.2) is 28.8 Å². The third-order valence-corrected chi connectivity index (χ3v) is 4.58. The van der Waals surface area contributed by atoms with Gasteiger partial charge < -0.3 is 10.1 Å². The average Bonchev–Trinajstić information content (AvgIpc) is 2.62. The number of nitrogens with one attached hydrogen (secondary N) is 2. The maximum atomic E-state index is 12.2. The van der Waals surface area contributed by atoms with Crippen LogP contribution in [0.4, 0.5) is 5.69 Å². The lowest BCUT2D eigenvalue weighted by atomic mass is 9.88. The lowest BCUT2D eigenvalue weighted by Gasteiger charge is -2.28. The van der Waals surface area contributed by atoms with Gasteiger partial charge in [0.15, 0.2) is 0 Å². The van der Waals surface area contributed by atoms with Crippen molar-refractivity contribution in [1.82, 2.24) is 10.2 Å². The largest absolute Gasteiger partial charge is 0.368 e. The molecule has 1 aliphatic carbocycles. The van der Waals surface area contributed by atoms with Gasteiger partial charge in [0.2, 0.25) is 5.91 Å². The zero-order chi connectivity index (χ0) is 17.6. The Balaban J connectivity index is 1.59. The van der Waals surface area contributed by atoms with Crippen molar-refractivity contribution in [2.45, 2.75) is 38.7 Å². The molecule has 2 N–H and O–H groups in total. The summed E-state index contributed by atoms with van der Waals surface area (Å²) in [5.74, 6) is 0.348. The van der Waals surface area contributed by atoms with E-state index in [0.29, 0.717) is 17.3 Å². The molecule has 0 unspecified atom stereocenters. The summed E-state index contributed by atoms with van der Waals surface area (Å²) in [5, 5.41) is 9.26. The van der Waals surface area contributed by atoms with Gasteiger partial charge in [0.05, 0.1) is 11.8 Å². The van der Waals surface area contributed by atoms with Gasteiger partial charge in [-0.3, -0.25) is 9.59 Å². The van der Waals surface area contributed by atoms with Crippen molar-refractivity contribution in [2.75, 3.05) is 11.9 Å². The summed E-state index contributed by atoms with van der Waals surface area (Å²) < 4.78 is 5.79. The molecule has 25 heavy (non-hydrogen) atoms. The topological polar surface area (TPSA) is 84.1 Å². The van der Waals surface area contributed by atoms with Crippen molar-refractivity contribution in [1.29, 1.82) is 0 Å². The van der Waals surface area contributed by atoms with E-state index >= 15 is 0 Å². The maximum absolute atomic E-state index is 12.2. The number of benzene rings is 1. The molecule has 1 aliphatic rings. The number of aromatic amines is 1. The molecular weight excluding hydrogens is 318 g/mol. The Morgan fingerprint density at radius 1 is 1.28 bits per heavy atom. The number of nitrogens with zero attached hydrogens (tertiary/aromatic N) is 1. The Bertz CT molecular complexity index is 767. The Hall–Kier alpha value is -2.47. The van der Waals surface area contributed by atoms with Crippen LogP contribution in [0.2, 0.25) is 0 Å². The minimum atomic E-state index is -0.248. The molecule has 0 bridgehead atoms. The third-order valence-electron chi connectivity index (χ3n) is 4.58. The van der Waals surface area contributed by atoms with Crippen molar-refractivity contribution >= 4 is 11.6 Å². The molecular formula is C19H23N3O3. The van der Waals surface area contributed by atoms with E-state index in [1.165, 1.54) is 25.3 Å². The molecule has 6 nitrogen and oxygen atoms in total. The quantitative estimate of drug-likeness (QED) is 0.876. The van der Waals surface area contributed by atoms with Gasteiger partial charge in [-0.1, -0.05) is 31.9 Å². The Kier molecular flexibility index (Phi) is 5.60. The summed E-state index contributed by atoms with van der Waals surface area (Å²) in [7, 11) is 0. The Morgan fingerprint density at radius 2 is 2.12 bits per heavy atom. The number of hydrogen-bond acceptors (Lipinski definition) is 4. The van der Waals surface area contributed by atoms with Crippen LogP contribution in [0.5, 0.6) is 0 Å². The molecule has 0 radical (unpaired) electrons. The molecule has 1 aromatic heterocycles. The number of aromatic nitrogens is 2. The van der Waals surface area contributed by atoms with E-state index in [1.807, 2.05) is 24.3 Å². The maximum Gasteiger partial charge on any atom is 0.264 e. The van der Waals surface area contributed by atoms with E-state index in [0.717, 1.165) is 12.0 Å². The fourth-order valence-electron chi connectivity index (χ4n) is 3.17. The van der Waals surface area contributed by atoms with E-state index in [-0.39, 0.29) is 24.2 Å². The first kappa shape index (κ1) is 17.4. The molecule has 1 heterocycles. The van der Waals surface area contributed by atoms with E-state index in [1.54, 1.807) is 6.07 Å². The smallest absolute Gasteiger partial charge is 0.264 e. The van der Waals surface area contributed by atoms with Crippen molar-refractivity contribution in [2.24, 2.45) is 5.92 Å². The molecule has 1 aromatic carbocycles. The molecule has 0 saturated heterocycles. The predicted octanol–water partition coefficient (Wildman–Crippen LogP) is 2.97. The van der Waals surface area contributed by atoms with Gasteiger partial charge in [0.25, 0.3) is 5.56 Å². The van der Waals surface area contributed by atoms with Crippen LogP contribution in [0, 0.1) is 5.92 Å². The number of ether oxygens (including phenoxy) is 1. The molecule has 132 valence electrons. The summed E-state index contributed by atoms with van der Waals surface area (Å²) in [6.45, 7) is 2.25. The molecule has 2 aromatic rings. The van der Waals surface area contributed by atoms with Crippen LogP contribution in [0.15, 0.2) is 41.2 Å². The molecule has 6 heteroatoms. The highest BCUT2D eigenvalue weighted by Gasteiger charge is 2.22. The van der Waals surface area contributed by atoms with Gasteiger partial charge in [-0.05, 0) is 37.0 Å². The van der Waals surface area contributed by atoms with Crippen LogP contribution in [0.25, 0.3) is 11.3 Å². The first-order chi connectivity index (χ1) is 12.1. The standard InChI is InChI=1S/C19H23N3O3/c1-13-5-2-3-8-17(13)25-12-19(24)20-15-7-4-6-14(11-15)16-9-10-18(23)22-21-16/h4,6-7,9-11,13,17H,2-3,5,8,12H2,1H3,(H,20,24)(H,22,23)/t13-,17-/m1/s1. The van der Waals surface area contributed by atoms with E-state index in [4.69, 9.17) is 4.74 Å². The summed E-state index contributed by atoms with van der Waals surface area (Å²) >= 11 is 0. The van der Waals surface area contributed by atoms with E-state index in [9.17, 15) is 9.59 Å². The van der Waals surface area contributed by atoms with Crippen molar-refractivity contribution in [3.63, 3.8) is 0 Å². The zero-order valence-electron chi connectivity index (χ0n) is 14.3. The summed E-state index contributed by atoms with van der Waals surface area (Å²) in [6.07, 6.45) is 4.79. The van der Waals surface area contributed by atoms with Crippen molar-refractivity contribution < 1.29 is 9.53 Å². The van der Waals surface area contributed by atoms with Gasteiger partial charge in [0, 0.05) is 17.3 Å². The molecule has 0 aliphatic heterocycles. The second-order valence-electron chi connectivity index (χ2n) is 6.55. The van der Waals surface area contributed by atoms with E-state index < -0.39 is 0 Å². The normalized spacial score (nSPS) is 20.2. The number of hydrogen-bond donors (Lipinski definition) is 2. The van der Waals surface area contributed by atoms with Crippen LogP contribution in [-0.2, 0) is 9.53 Å². The van der Waals surface area contributed by atoms with E-state index in [2.05, 4.69) is 22.4 Å². The monoisotopic (exact) mass is 341 g/mol. The zero-order valence-corrected chi connectivity index (χ0v) is 14.3. The van der Waals surface area contributed by atoms with Gasteiger partial charge in [-0.15, -0.1) is 0 Å². The van der Waals surface area contributed by atoms with Gasteiger partial charge in [-0.25, -0.2) is 5.10 Å². The fourth-order valence-corrected chi connectivity index (χ4v) is 3.17. The molecule has 1 fully saturated rings. The highest BCUT2D eigenvalue weighted by molar-refractivity contribution is 5.92. The highest BCUT2D eigenvalue weighted by Crippen LogP contribution is 2.26. The minimum Gasteiger partial charge on any atom is -0.368 e. The van der Waals surface area contributed by atoms with Crippen LogP contribution < -0.4 is 10.9 Å². The second kappa shape index (κ2) is 8.07. The number of carbonyl (C=O) groups is 1. The summed E-state index contributed by atoms with van der Waals surface area (Å²) in [5.41, 5.74) is 1.89. The molecule has 2 atom stereocenters. The van der Waals surface area contributed by atoms with Crippen LogP contribution in [0.3, 0.4) is 0 Å². The van der Waals surface area contributed by atoms with Crippen molar-refractivity contribution in [3.8, 4) is 11.3 Å². The predicted molar refractivity (Wildman–Crippen MR) is 96.3 cm³/mol. The average molecular weight is 341 g/mol. The van der Waals surface area contributed by atoms with Crippen LogP contribution in [0.1, 0.15) is 32.6 Å². The molecule has 3 rings (SSSR count). The molecule has 0 spiro atoms.